The monoisotopic (exact) mass is 308 g/mol. The number of nitrogens with zero attached hydrogens (tertiary/aromatic N) is 3. The fraction of sp³-hybridized carbons (Fsp3) is 0.333. The van der Waals surface area contributed by atoms with Crippen LogP contribution in [0.25, 0.3) is 22.4 Å². The van der Waals surface area contributed by atoms with Gasteiger partial charge in [0.25, 0.3) is 0 Å². The standard InChI is InChI=1S/C18H20N4O/c23-12-14-5-7-22(11-14)10-13-2-1-3-15(8-13)17-9-20-18-16(21-17)4-6-19-18/h1-4,6,8-9,14,23H,5,7,10-12H2,(H,19,20). The number of aliphatic hydroxyl groups is 1. The lowest BCUT2D eigenvalue weighted by Gasteiger charge is -2.16. The lowest BCUT2D eigenvalue weighted by molar-refractivity contribution is 0.220. The van der Waals surface area contributed by atoms with Gasteiger partial charge in [0, 0.05) is 31.5 Å². The van der Waals surface area contributed by atoms with Gasteiger partial charge in [-0.15, -0.1) is 0 Å². The van der Waals surface area contributed by atoms with E-state index in [0.717, 1.165) is 48.5 Å². The van der Waals surface area contributed by atoms with Crippen LogP contribution in [0.2, 0.25) is 0 Å². The Morgan fingerprint density at radius 3 is 3.13 bits per heavy atom. The van der Waals surface area contributed by atoms with Gasteiger partial charge in [-0.05, 0) is 36.6 Å². The van der Waals surface area contributed by atoms with E-state index in [4.69, 9.17) is 0 Å². The molecule has 2 N–H and O–H groups in total. The normalized spacial score (nSPS) is 18.7. The third-order valence-corrected chi connectivity index (χ3v) is 4.52. The summed E-state index contributed by atoms with van der Waals surface area (Å²) in [7, 11) is 0. The number of H-pyrrole nitrogens is 1. The van der Waals surface area contributed by atoms with Crippen LogP contribution in [-0.2, 0) is 6.54 Å². The summed E-state index contributed by atoms with van der Waals surface area (Å²) in [6, 6.07) is 10.4. The van der Waals surface area contributed by atoms with Crippen molar-refractivity contribution in [3.8, 4) is 11.3 Å². The van der Waals surface area contributed by atoms with E-state index in [1.807, 2.05) is 18.5 Å². The number of fused-ring (bicyclic) bond motifs is 1. The number of aromatic amines is 1. The largest absolute Gasteiger partial charge is 0.396 e. The Labute approximate surface area is 135 Å². The van der Waals surface area contributed by atoms with Crippen molar-refractivity contribution in [2.75, 3.05) is 19.7 Å². The van der Waals surface area contributed by atoms with E-state index in [1.54, 1.807) is 0 Å². The third-order valence-electron chi connectivity index (χ3n) is 4.52. The van der Waals surface area contributed by atoms with Crippen LogP contribution in [0, 0.1) is 5.92 Å². The Morgan fingerprint density at radius 1 is 1.30 bits per heavy atom. The molecule has 0 aliphatic carbocycles. The van der Waals surface area contributed by atoms with Crippen molar-refractivity contribution < 1.29 is 5.11 Å². The number of rotatable bonds is 4. The van der Waals surface area contributed by atoms with Crippen LogP contribution < -0.4 is 0 Å². The smallest absolute Gasteiger partial charge is 0.156 e. The molecule has 0 bridgehead atoms. The summed E-state index contributed by atoms with van der Waals surface area (Å²) in [5.74, 6) is 0.431. The number of hydrogen-bond donors (Lipinski definition) is 2. The van der Waals surface area contributed by atoms with Crippen molar-refractivity contribution in [1.29, 1.82) is 0 Å². The fourth-order valence-corrected chi connectivity index (χ4v) is 3.26. The van der Waals surface area contributed by atoms with E-state index < -0.39 is 0 Å². The van der Waals surface area contributed by atoms with Crippen LogP contribution in [0.3, 0.4) is 0 Å². The van der Waals surface area contributed by atoms with Crippen LogP contribution in [0.5, 0.6) is 0 Å². The van der Waals surface area contributed by atoms with E-state index in [1.165, 1.54) is 5.56 Å². The molecular formula is C18H20N4O. The molecule has 2 aromatic heterocycles. The van der Waals surface area contributed by atoms with Gasteiger partial charge < -0.3 is 10.1 Å². The van der Waals surface area contributed by atoms with Crippen molar-refractivity contribution in [2.45, 2.75) is 13.0 Å². The van der Waals surface area contributed by atoms with Crippen molar-refractivity contribution in [3.63, 3.8) is 0 Å². The minimum absolute atomic E-state index is 0.294. The average Bonchev–Trinajstić information content (AvgIpc) is 3.23. The molecule has 5 heteroatoms. The summed E-state index contributed by atoms with van der Waals surface area (Å²) >= 11 is 0. The zero-order valence-electron chi connectivity index (χ0n) is 12.9. The van der Waals surface area contributed by atoms with Crippen molar-refractivity contribution in [1.82, 2.24) is 19.9 Å². The van der Waals surface area contributed by atoms with E-state index in [2.05, 4.69) is 44.1 Å². The third kappa shape index (κ3) is 2.98. The van der Waals surface area contributed by atoms with E-state index in [9.17, 15) is 5.11 Å². The summed E-state index contributed by atoms with van der Waals surface area (Å²) in [6.07, 6.45) is 4.76. The Bertz CT molecular complexity index is 813. The summed E-state index contributed by atoms with van der Waals surface area (Å²) in [6.45, 7) is 3.26. The summed E-state index contributed by atoms with van der Waals surface area (Å²) in [5, 5.41) is 9.27. The lowest BCUT2D eigenvalue weighted by atomic mass is 10.1. The maximum absolute atomic E-state index is 9.27. The summed E-state index contributed by atoms with van der Waals surface area (Å²) in [5.41, 5.74) is 4.97. The summed E-state index contributed by atoms with van der Waals surface area (Å²) in [4.78, 5) is 14.5. The van der Waals surface area contributed by atoms with Gasteiger partial charge in [0.15, 0.2) is 5.65 Å². The molecule has 0 saturated carbocycles. The molecule has 1 saturated heterocycles. The predicted molar refractivity (Wildman–Crippen MR) is 89.8 cm³/mol. The molecule has 1 aromatic carbocycles. The number of benzene rings is 1. The molecule has 0 radical (unpaired) electrons. The zero-order chi connectivity index (χ0) is 15.6. The second kappa shape index (κ2) is 6.10. The maximum atomic E-state index is 9.27. The van der Waals surface area contributed by atoms with Gasteiger partial charge in [0.1, 0.15) is 5.52 Å². The average molecular weight is 308 g/mol. The number of aliphatic hydroxyl groups excluding tert-OH is 1. The zero-order valence-corrected chi connectivity index (χ0v) is 12.9. The fourth-order valence-electron chi connectivity index (χ4n) is 3.26. The minimum atomic E-state index is 0.294. The molecular weight excluding hydrogens is 288 g/mol. The molecule has 0 spiro atoms. The highest BCUT2D eigenvalue weighted by Crippen LogP contribution is 2.22. The molecule has 1 aliphatic heterocycles. The molecule has 1 unspecified atom stereocenters. The first-order chi connectivity index (χ1) is 11.3. The number of nitrogens with one attached hydrogen (secondary N) is 1. The van der Waals surface area contributed by atoms with E-state index >= 15 is 0 Å². The molecule has 0 amide bonds. The number of aromatic nitrogens is 3. The topological polar surface area (TPSA) is 65.0 Å². The Balaban J connectivity index is 1.56. The molecule has 1 aliphatic rings. The quantitative estimate of drug-likeness (QED) is 0.777. The molecule has 1 fully saturated rings. The molecule has 5 nitrogen and oxygen atoms in total. The predicted octanol–water partition coefficient (Wildman–Crippen LogP) is 2.44. The first kappa shape index (κ1) is 14.4. The maximum Gasteiger partial charge on any atom is 0.156 e. The van der Waals surface area contributed by atoms with Gasteiger partial charge in [0.05, 0.1) is 11.9 Å². The Hall–Kier alpha value is -2.24. The number of hydrogen-bond acceptors (Lipinski definition) is 4. The van der Waals surface area contributed by atoms with E-state index in [0.29, 0.717) is 12.5 Å². The first-order valence-corrected chi connectivity index (χ1v) is 8.04. The molecule has 3 aromatic rings. The van der Waals surface area contributed by atoms with Gasteiger partial charge in [-0.2, -0.15) is 0 Å². The Kier molecular flexibility index (Phi) is 3.81. The van der Waals surface area contributed by atoms with Crippen LogP contribution >= 0.6 is 0 Å². The SMILES string of the molecule is OCC1CCN(Cc2cccc(-c3cnc4[nH]ccc4n3)c2)C1. The van der Waals surface area contributed by atoms with Gasteiger partial charge in [0.2, 0.25) is 0 Å². The van der Waals surface area contributed by atoms with Crippen molar-refractivity contribution in [3.05, 3.63) is 48.3 Å². The van der Waals surface area contributed by atoms with Gasteiger partial charge >= 0.3 is 0 Å². The first-order valence-electron chi connectivity index (χ1n) is 8.04. The van der Waals surface area contributed by atoms with Gasteiger partial charge in [-0.1, -0.05) is 18.2 Å². The van der Waals surface area contributed by atoms with E-state index in [-0.39, 0.29) is 0 Å². The van der Waals surface area contributed by atoms with Crippen molar-refractivity contribution >= 4 is 11.2 Å². The van der Waals surface area contributed by atoms with Crippen LogP contribution in [0.1, 0.15) is 12.0 Å². The second-order valence-corrected chi connectivity index (χ2v) is 6.24. The molecule has 23 heavy (non-hydrogen) atoms. The van der Waals surface area contributed by atoms with Crippen molar-refractivity contribution in [2.24, 2.45) is 5.92 Å². The second-order valence-electron chi connectivity index (χ2n) is 6.24. The molecule has 4 rings (SSSR count). The lowest BCUT2D eigenvalue weighted by Crippen LogP contribution is -2.20. The molecule has 1 atom stereocenters. The molecule has 118 valence electrons. The highest BCUT2D eigenvalue weighted by molar-refractivity contribution is 5.74. The minimum Gasteiger partial charge on any atom is -0.396 e. The summed E-state index contributed by atoms with van der Waals surface area (Å²) < 4.78 is 0. The van der Waals surface area contributed by atoms with Crippen LogP contribution in [-0.4, -0.2) is 44.7 Å². The highest BCUT2D eigenvalue weighted by atomic mass is 16.3. The molecule has 3 heterocycles. The van der Waals surface area contributed by atoms with Gasteiger partial charge in [-0.3, -0.25) is 4.90 Å². The van der Waals surface area contributed by atoms with Gasteiger partial charge in [-0.25, -0.2) is 9.97 Å². The Morgan fingerprint density at radius 2 is 2.26 bits per heavy atom. The van der Waals surface area contributed by atoms with Crippen LogP contribution in [0.15, 0.2) is 42.7 Å². The highest BCUT2D eigenvalue weighted by Gasteiger charge is 2.21. The number of likely N-dealkylation sites (tertiary alicyclic amines) is 1. The van der Waals surface area contributed by atoms with Crippen LogP contribution in [0.4, 0.5) is 0 Å².